The van der Waals surface area contributed by atoms with Crippen LogP contribution >= 0.6 is 11.8 Å². The fourth-order valence-electron chi connectivity index (χ4n) is 3.59. The van der Waals surface area contributed by atoms with Gasteiger partial charge in [-0.25, -0.2) is 0 Å². The molecule has 0 bridgehead atoms. The standard InChI is InChI=1S/C23H25N3O2S/c1-17-12-14-18(15-13-17)22-24-25-23(26(22)19-8-4-2-5-9-19)29-16-21(27)28-20-10-6-3-7-11-20/h2,4-5,8-9,12-15,20H,3,6-7,10-11,16H2,1H3. The van der Waals surface area contributed by atoms with Gasteiger partial charge in [-0.15, -0.1) is 10.2 Å². The zero-order valence-electron chi connectivity index (χ0n) is 16.6. The second-order valence-corrected chi connectivity index (χ2v) is 8.32. The number of esters is 1. The first kappa shape index (κ1) is 19.7. The second kappa shape index (κ2) is 9.27. The van der Waals surface area contributed by atoms with Crippen LogP contribution in [0, 0.1) is 6.92 Å². The zero-order chi connectivity index (χ0) is 20.1. The summed E-state index contributed by atoms with van der Waals surface area (Å²) in [4.78, 5) is 12.3. The second-order valence-electron chi connectivity index (χ2n) is 7.38. The van der Waals surface area contributed by atoms with Gasteiger partial charge < -0.3 is 4.74 Å². The van der Waals surface area contributed by atoms with Gasteiger partial charge in [0.1, 0.15) is 6.10 Å². The number of rotatable bonds is 6. The Bertz CT molecular complexity index is 948. The topological polar surface area (TPSA) is 57.0 Å². The number of thioether (sulfide) groups is 1. The summed E-state index contributed by atoms with van der Waals surface area (Å²) < 4.78 is 7.65. The average molecular weight is 408 g/mol. The fourth-order valence-corrected chi connectivity index (χ4v) is 4.32. The number of para-hydroxylation sites is 1. The summed E-state index contributed by atoms with van der Waals surface area (Å²) in [6.07, 6.45) is 5.57. The molecule has 0 amide bonds. The highest BCUT2D eigenvalue weighted by atomic mass is 32.2. The molecule has 1 fully saturated rings. The van der Waals surface area contributed by atoms with Crippen LogP contribution in [0.2, 0.25) is 0 Å². The largest absolute Gasteiger partial charge is 0.462 e. The zero-order valence-corrected chi connectivity index (χ0v) is 17.4. The number of hydrogen-bond donors (Lipinski definition) is 0. The molecule has 0 aliphatic heterocycles. The van der Waals surface area contributed by atoms with E-state index in [2.05, 4.69) is 29.3 Å². The molecule has 0 atom stereocenters. The van der Waals surface area contributed by atoms with E-state index >= 15 is 0 Å². The van der Waals surface area contributed by atoms with Crippen molar-refractivity contribution in [2.45, 2.75) is 50.3 Å². The summed E-state index contributed by atoms with van der Waals surface area (Å²) >= 11 is 1.37. The van der Waals surface area contributed by atoms with E-state index in [1.807, 2.05) is 47.0 Å². The molecule has 0 spiro atoms. The monoisotopic (exact) mass is 407 g/mol. The van der Waals surface area contributed by atoms with Gasteiger partial charge in [0.15, 0.2) is 11.0 Å². The van der Waals surface area contributed by atoms with E-state index in [0.717, 1.165) is 42.8 Å². The minimum atomic E-state index is -0.179. The van der Waals surface area contributed by atoms with Crippen molar-refractivity contribution >= 4 is 17.7 Å². The van der Waals surface area contributed by atoms with Gasteiger partial charge in [0, 0.05) is 11.3 Å². The van der Waals surface area contributed by atoms with E-state index in [4.69, 9.17) is 4.74 Å². The van der Waals surface area contributed by atoms with Crippen LogP contribution in [0.3, 0.4) is 0 Å². The number of carbonyl (C=O) groups excluding carboxylic acids is 1. The molecule has 5 nitrogen and oxygen atoms in total. The predicted octanol–water partition coefficient (Wildman–Crippen LogP) is 5.21. The van der Waals surface area contributed by atoms with Crippen molar-refractivity contribution in [3.05, 3.63) is 60.2 Å². The molecular weight excluding hydrogens is 382 g/mol. The van der Waals surface area contributed by atoms with Gasteiger partial charge in [0.25, 0.3) is 0 Å². The van der Waals surface area contributed by atoms with E-state index in [1.165, 1.54) is 23.7 Å². The Morgan fingerprint density at radius 2 is 1.76 bits per heavy atom. The molecular formula is C23H25N3O2S. The summed E-state index contributed by atoms with van der Waals surface area (Å²) in [5.74, 6) is 0.816. The van der Waals surface area contributed by atoms with Gasteiger partial charge in [-0.3, -0.25) is 9.36 Å². The maximum atomic E-state index is 12.3. The Labute approximate surface area is 175 Å². The highest BCUT2D eigenvalue weighted by Gasteiger charge is 2.20. The Balaban J connectivity index is 1.55. The molecule has 4 rings (SSSR count). The number of aryl methyl sites for hydroxylation is 1. The van der Waals surface area contributed by atoms with E-state index in [1.54, 1.807) is 0 Å². The van der Waals surface area contributed by atoms with Crippen LogP contribution in [0.4, 0.5) is 0 Å². The van der Waals surface area contributed by atoms with Crippen molar-refractivity contribution in [1.82, 2.24) is 14.8 Å². The predicted molar refractivity (Wildman–Crippen MR) is 115 cm³/mol. The molecule has 6 heteroatoms. The summed E-state index contributed by atoms with van der Waals surface area (Å²) in [7, 11) is 0. The van der Waals surface area contributed by atoms with E-state index in [9.17, 15) is 4.79 Å². The number of carbonyl (C=O) groups is 1. The number of benzene rings is 2. The number of ether oxygens (including phenoxy) is 1. The lowest BCUT2D eigenvalue weighted by Gasteiger charge is -2.21. The molecule has 1 heterocycles. The van der Waals surface area contributed by atoms with Crippen molar-refractivity contribution in [1.29, 1.82) is 0 Å². The molecule has 2 aromatic carbocycles. The van der Waals surface area contributed by atoms with Crippen molar-refractivity contribution < 1.29 is 9.53 Å². The maximum Gasteiger partial charge on any atom is 0.316 e. The minimum Gasteiger partial charge on any atom is -0.462 e. The van der Waals surface area contributed by atoms with Crippen molar-refractivity contribution in [2.24, 2.45) is 0 Å². The molecule has 0 N–H and O–H groups in total. The smallest absolute Gasteiger partial charge is 0.316 e. The lowest BCUT2D eigenvalue weighted by atomic mass is 9.98. The van der Waals surface area contributed by atoms with E-state index in [-0.39, 0.29) is 17.8 Å². The Morgan fingerprint density at radius 3 is 2.48 bits per heavy atom. The third-order valence-electron chi connectivity index (χ3n) is 5.13. The number of aromatic nitrogens is 3. The first-order valence-corrected chi connectivity index (χ1v) is 11.1. The SMILES string of the molecule is Cc1ccc(-c2nnc(SCC(=O)OC3CCCCC3)n2-c2ccccc2)cc1. The van der Waals surface area contributed by atoms with Crippen molar-refractivity contribution in [2.75, 3.05) is 5.75 Å². The lowest BCUT2D eigenvalue weighted by Crippen LogP contribution is -2.22. The number of hydrogen-bond acceptors (Lipinski definition) is 5. The Morgan fingerprint density at radius 1 is 1.03 bits per heavy atom. The molecule has 1 aromatic heterocycles. The summed E-state index contributed by atoms with van der Waals surface area (Å²) in [6, 6.07) is 18.2. The molecule has 1 aliphatic rings. The van der Waals surface area contributed by atoms with Crippen molar-refractivity contribution in [3.63, 3.8) is 0 Å². The quantitative estimate of drug-likeness (QED) is 0.415. The van der Waals surface area contributed by atoms with E-state index in [0.29, 0.717) is 5.16 Å². The first-order chi connectivity index (χ1) is 14.2. The molecule has 3 aromatic rings. The fraction of sp³-hybridized carbons (Fsp3) is 0.348. The van der Waals surface area contributed by atoms with E-state index < -0.39 is 0 Å². The van der Waals surface area contributed by atoms with Crippen LogP contribution in [0.1, 0.15) is 37.7 Å². The summed E-state index contributed by atoms with van der Waals surface area (Å²) in [5, 5.41) is 9.49. The molecule has 150 valence electrons. The third kappa shape index (κ3) is 4.88. The van der Waals surface area contributed by atoms with Crippen molar-refractivity contribution in [3.8, 4) is 17.1 Å². The first-order valence-electron chi connectivity index (χ1n) is 10.1. The Hall–Kier alpha value is -2.60. The van der Waals surface area contributed by atoms with Crippen LogP contribution < -0.4 is 0 Å². The van der Waals surface area contributed by atoms with Gasteiger partial charge in [-0.1, -0.05) is 66.2 Å². The summed E-state index contributed by atoms with van der Waals surface area (Å²) in [5.41, 5.74) is 3.15. The molecule has 0 unspecified atom stereocenters. The van der Waals surface area contributed by atoms with Gasteiger partial charge in [0.05, 0.1) is 5.75 Å². The highest BCUT2D eigenvalue weighted by Crippen LogP contribution is 2.28. The third-order valence-corrected chi connectivity index (χ3v) is 6.03. The molecule has 0 radical (unpaired) electrons. The van der Waals surface area contributed by atoms with Gasteiger partial charge >= 0.3 is 5.97 Å². The van der Waals surface area contributed by atoms with Crippen LogP contribution in [-0.2, 0) is 9.53 Å². The molecule has 1 aliphatic carbocycles. The van der Waals surface area contributed by atoms with Gasteiger partial charge in [-0.05, 0) is 44.7 Å². The summed E-state index contributed by atoms with van der Waals surface area (Å²) in [6.45, 7) is 2.06. The van der Waals surface area contributed by atoms with Crippen LogP contribution in [0.5, 0.6) is 0 Å². The number of nitrogens with zero attached hydrogens (tertiary/aromatic N) is 3. The average Bonchev–Trinajstić information content (AvgIpc) is 3.18. The Kier molecular flexibility index (Phi) is 6.30. The highest BCUT2D eigenvalue weighted by molar-refractivity contribution is 7.99. The van der Waals surface area contributed by atoms with Crippen LogP contribution in [0.15, 0.2) is 59.8 Å². The normalized spacial score (nSPS) is 14.7. The van der Waals surface area contributed by atoms with Gasteiger partial charge in [0.2, 0.25) is 0 Å². The van der Waals surface area contributed by atoms with Gasteiger partial charge in [-0.2, -0.15) is 0 Å². The molecule has 29 heavy (non-hydrogen) atoms. The van der Waals surface area contributed by atoms with Crippen LogP contribution in [-0.4, -0.2) is 32.6 Å². The molecule has 1 saturated carbocycles. The lowest BCUT2D eigenvalue weighted by molar-refractivity contribution is -0.147. The maximum absolute atomic E-state index is 12.3. The minimum absolute atomic E-state index is 0.0759. The molecule has 0 saturated heterocycles. The van der Waals surface area contributed by atoms with Crippen LogP contribution in [0.25, 0.3) is 17.1 Å².